The number of H-pyrrole nitrogens is 4. The van der Waals surface area contributed by atoms with Gasteiger partial charge in [-0.2, -0.15) is 20.7 Å². The van der Waals surface area contributed by atoms with Gasteiger partial charge in [-0.05, 0) is 125 Å². The van der Waals surface area contributed by atoms with Crippen LogP contribution in [0.1, 0.15) is 87.5 Å². The Labute approximate surface area is 377 Å². The first kappa shape index (κ1) is 45.6. The van der Waals surface area contributed by atoms with Crippen LogP contribution in [0.25, 0.3) is 44.6 Å². The van der Waals surface area contributed by atoms with E-state index in [9.17, 15) is 28.9 Å². The number of benzene rings is 4. The Morgan fingerprint density at radius 3 is 1.35 bits per heavy atom. The number of halogens is 2. The van der Waals surface area contributed by atoms with Gasteiger partial charge in [0.2, 0.25) is 0 Å². The molecule has 66 heavy (non-hydrogen) atoms. The average Bonchev–Trinajstić information content (AvgIpc) is 4.10. The number of hydrogen-bond acceptors (Lipinski definition) is 10. The van der Waals surface area contributed by atoms with E-state index in [-0.39, 0.29) is 11.6 Å². The van der Waals surface area contributed by atoms with Crippen molar-refractivity contribution in [3.8, 4) is 34.9 Å². The van der Waals surface area contributed by atoms with E-state index in [4.69, 9.17) is 9.47 Å². The molecule has 4 heterocycles. The minimum absolute atomic E-state index is 0.329. The van der Waals surface area contributed by atoms with E-state index in [0.29, 0.717) is 58.4 Å². The predicted molar refractivity (Wildman–Crippen MR) is 241 cm³/mol. The molecule has 6 N–H and O–H groups in total. The van der Waals surface area contributed by atoms with Crippen LogP contribution in [0.15, 0.2) is 97.3 Å². The lowest BCUT2D eigenvalue weighted by Crippen LogP contribution is -2.36. The summed E-state index contributed by atoms with van der Waals surface area (Å²) in [6, 6.07) is 25.7. The SMILES string of the molecule is CC(C)(C)OC(=O)N[C@@H](Cc1c[nH]c2cccc(C#N)c12)c1nc(-c2ccc(F)cc2)n[nH]1.CC(C)(C)OC(=O)N[C@H](Cc1c[nH]c2cccc(C#N)c12)c1nc(-c2ccc(F)cc2)n[nH]1. The van der Waals surface area contributed by atoms with Crippen molar-refractivity contribution >= 4 is 34.0 Å². The fraction of sp³-hybridized carbons (Fsp3) is 0.250. The fourth-order valence-corrected chi connectivity index (χ4v) is 7.11. The second-order valence-corrected chi connectivity index (χ2v) is 17.2. The van der Waals surface area contributed by atoms with Crippen LogP contribution in [0.3, 0.4) is 0 Å². The van der Waals surface area contributed by atoms with Crippen LogP contribution in [0.5, 0.6) is 0 Å². The molecule has 4 aromatic heterocycles. The number of fused-ring (bicyclic) bond motifs is 2. The highest BCUT2D eigenvalue weighted by atomic mass is 19.1. The molecular formula is C48H46F2N12O4. The number of carbonyl (C=O) groups is 2. The molecule has 0 aliphatic heterocycles. The molecule has 2 atom stereocenters. The molecule has 0 aliphatic rings. The van der Waals surface area contributed by atoms with Gasteiger partial charge in [-0.3, -0.25) is 10.2 Å². The van der Waals surface area contributed by atoms with Gasteiger partial charge < -0.3 is 30.1 Å². The Morgan fingerprint density at radius 2 is 1.00 bits per heavy atom. The van der Waals surface area contributed by atoms with Gasteiger partial charge in [-0.1, -0.05) is 12.1 Å². The minimum atomic E-state index is -0.677. The Bertz CT molecular complexity index is 2860. The highest BCUT2D eigenvalue weighted by Gasteiger charge is 2.27. The molecule has 0 bridgehead atoms. The maximum absolute atomic E-state index is 13.3. The molecule has 0 saturated heterocycles. The highest BCUT2D eigenvalue weighted by molar-refractivity contribution is 5.90. The largest absolute Gasteiger partial charge is 0.444 e. The number of nitrogens with zero attached hydrogens (tertiary/aromatic N) is 6. The van der Waals surface area contributed by atoms with Gasteiger partial charge >= 0.3 is 12.2 Å². The molecule has 8 aromatic rings. The van der Waals surface area contributed by atoms with E-state index in [1.165, 1.54) is 24.3 Å². The number of aromatic nitrogens is 8. The predicted octanol–water partition coefficient (Wildman–Crippen LogP) is 9.54. The minimum Gasteiger partial charge on any atom is -0.444 e. The van der Waals surface area contributed by atoms with Crippen molar-refractivity contribution in [1.82, 2.24) is 51.0 Å². The van der Waals surface area contributed by atoms with Gasteiger partial charge in [-0.25, -0.2) is 28.3 Å². The molecule has 0 radical (unpaired) electrons. The quantitative estimate of drug-likeness (QED) is 0.0760. The van der Waals surface area contributed by atoms with Crippen LogP contribution in [-0.2, 0) is 22.3 Å². The molecule has 16 nitrogen and oxygen atoms in total. The van der Waals surface area contributed by atoms with Gasteiger partial charge in [0.15, 0.2) is 11.6 Å². The van der Waals surface area contributed by atoms with Gasteiger partial charge in [0.25, 0.3) is 0 Å². The topological polar surface area (TPSA) is 239 Å². The Balaban J connectivity index is 0.000000196. The lowest BCUT2D eigenvalue weighted by molar-refractivity contribution is 0.0489. The number of rotatable bonds is 10. The normalized spacial score (nSPS) is 12.3. The van der Waals surface area contributed by atoms with Crippen LogP contribution < -0.4 is 10.6 Å². The van der Waals surface area contributed by atoms with Crippen LogP contribution in [0, 0.1) is 34.3 Å². The number of hydrogen-bond donors (Lipinski definition) is 6. The van der Waals surface area contributed by atoms with Crippen molar-refractivity contribution in [3.63, 3.8) is 0 Å². The third-order valence-electron chi connectivity index (χ3n) is 9.92. The summed E-state index contributed by atoms with van der Waals surface area (Å²) in [5, 5.41) is 40.6. The molecular weight excluding hydrogens is 847 g/mol. The molecule has 0 fully saturated rings. The molecule has 0 saturated carbocycles. The maximum Gasteiger partial charge on any atom is 0.408 e. The van der Waals surface area contributed by atoms with Gasteiger partial charge in [-0.15, -0.1) is 0 Å². The second-order valence-electron chi connectivity index (χ2n) is 17.2. The zero-order valence-electron chi connectivity index (χ0n) is 36.9. The number of ether oxygens (including phenoxy) is 2. The monoisotopic (exact) mass is 892 g/mol. The van der Waals surface area contributed by atoms with E-state index in [1.54, 1.807) is 77.9 Å². The van der Waals surface area contributed by atoms with E-state index in [0.717, 1.165) is 32.9 Å². The van der Waals surface area contributed by atoms with E-state index >= 15 is 0 Å². The highest BCUT2D eigenvalue weighted by Crippen LogP contribution is 2.29. The molecule has 4 aromatic carbocycles. The van der Waals surface area contributed by atoms with E-state index < -0.39 is 35.5 Å². The summed E-state index contributed by atoms with van der Waals surface area (Å²) in [5.41, 5.74) is 4.30. The van der Waals surface area contributed by atoms with Crippen LogP contribution >= 0.6 is 0 Å². The van der Waals surface area contributed by atoms with Crippen molar-refractivity contribution in [2.24, 2.45) is 0 Å². The lowest BCUT2D eigenvalue weighted by atomic mass is 10.0. The molecule has 0 spiro atoms. The number of carbonyl (C=O) groups excluding carboxylic acids is 2. The Morgan fingerprint density at radius 1 is 0.621 bits per heavy atom. The van der Waals surface area contributed by atoms with Crippen molar-refractivity contribution in [1.29, 1.82) is 10.5 Å². The first-order valence-electron chi connectivity index (χ1n) is 20.8. The van der Waals surface area contributed by atoms with Crippen LogP contribution in [-0.4, -0.2) is 63.7 Å². The summed E-state index contributed by atoms with van der Waals surface area (Å²) in [6.07, 6.45) is 3.07. The third-order valence-corrected chi connectivity index (χ3v) is 9.92. The Kier molecular flexibility index (Phi) is 13.2. The number of alkyl carbamates (subject to hydrolysis) is 2. The first-order valence-corrected chi connectivity index (χ1v) is 20.8. The van der Waals surface area contributed by atoms with Crippen molar-refractivity contribution in [2.75, 3.05) is 0 Å². The summed E-state index contributed by atoms with van der Waals surface area (Å²) >= 11 is 0. The zero-order chi connectivity index (χ0) is 47.2. The Hall–Kier alpha value is -8.38. The molecule has 0 unspecified atom stereocenters. The van der Waals surface area contributed by atoms with Gasteiger partial charge in [0.05, 0.1) is 35.3 Å². The second kappa shape index (κ2) is 19.2. The smallest absolute Gasteiger partial charge is 0.408 e. The van der Waals surface area contributed by atoms with Gasteiger partial charge in [0, 0.05) is 58.2 Å². The lowest BCUT2D eigenvalue weighted by Gasteiger charge is -2.22. The van der Waals surface area contributed by atoms with Gasteiger partial charge in [0.1, 0.15) is 34.5 Å². The molecule has 8 rings (SSSR count). The summed E-state index contributed by atoms with van der Waals surface area (Å²) in [5.74, 6) is 0.849. The van der Waals surface area contributed by atoms with E-state index in [1.807, 2.05) is 36.7 Å². The average molecular weight is 893 g/mol. The summed E-state index contributed by atoms with van der Waals surface area (Å²) in [7, 11) is 0. The third kappa shape index (κ3) is 11.2. The van der Waals surface area contributed by atoms with Crippen LogP contribution in [0.2, 0.25) is 0 Å². The fourth-order valence-electron chi connectivity index (χ4n) is 7.11. The summed E-state index contributed by atoms with van der Waals surface area (Å²) in [6.45, 7) is 10.7. The van der Waals surface area contributed by atoms with Crippen LogP contribution in [0.4, 0.5) is 18.4 Å². The number of amides is 2. The summed E-state index contributed by atoms with van der Waals surface area (Å²) in [4.78, 5) is 40.5. The van der Waals surface area contributed by atoms with Crippen molar-refractivity contribution in [3.05, 3.63) is 143 Å². The standard InChI is InChI=1S/2C24H23FN6O2/c2*1-24(2,3)33-23(32)28-19(11-16-13-27-18-6-4-5-15(12-26)20(16)18)22-29-21(30-31-22)14-7-9-17(25)10-8-14/h2*4-10,13,19,27H,11H2,1-3H3,(H,28,32)(H,29,30,31)/t2*19-/m10/s1. The molecule has 18 heteroatoms. The number of nitrogens with one attached hydrogen (secondary N) is 6. The number of aromatic amines is 4. The van der Waals surface area contributed by atoms with E-state index in [2.05, 4.69) is 63.1 Å². The van der Waals surface area contributed by atoms with Crippen molar-refractivity contribution in [2.45, 2.75) is 77.7 Å². The molecule has 336 valence electrons. The summed E-state index contributed by atoms with van der Waals surface area (Å²) < 4.78 is 37.4. The zero-order valence-corrected chi connectivity index (χ0v) is 36.9. The molecule has 2 amide bonds. The first-order chi connectivity index (χ1) is 31.5. The van der Waals surface area contributed by atoms with Crippen molar-refractivity contribution < 1.29 is 27.8 Å². The number of nitriles is 2. The molecule has 0 aliphatic carbocycles. The maximum atomic E-state index is 13.3.